The Kier molecular flexibility index (Phi) is 5.43. The van der Waals surface area contributed by atoms with Crippen molar-refractivity contribution in [2.75, 3.05) is 0 Å². The summed E-state index contributed by atoms with van der Waals surface area (Å²) in [5.74, 6) is -3.69. The topological polar surface area (TPSA) is 100 Å². The van der Waals surface area contributed by atoms with Crippen LogP contribution in [0.15, 0.2) is 34.5 Å². The molecule has 2 atom stereocenters. The van der Waals surface area contributed by atoms with Gasteiger partial charge >= 0.3 is 0 Å². The predicted octanol–water partition coefficient (Wildman–Crippen LogP) is 1.90. The standard InChI is InChI=1S/C18H22F3N3O4S/c1-18(2,26)14-5-4-10-13(29(27,28)23-14)8-24(3)16(10)17(25)22-9-6-11(19)15(21)12(20)7-9/h6,8,12,14,23,26H,4-5,7H2,1-3H3,(H,22,25). The summed E-state index contributed by atoms with van der Waals surface area (Å²) in [6.45, 7) is 2.96. The summed E-state index contributed by atoms with van der Waals surface area (Å²) in [4.78, 5) is 12.7. The lowest BCUT2D eigenvalue weighted by Crippen LogP contribution is -2.48. The molecule has 1 aliphatic heterocycles. The van der Waals surface area contributed by atoms with Crippen LogP contribution in [0.5, 0.6) is 0 Å². The molecule has 29 heavy (non-hydrogen) atoms. The molecule has 2 heterocycles. The molecule has 1 amide bonds. The smallest absolute Gasteiger partial charge is 0.272 e. The van der Waals surface area contributed by atoms with Crippen LogP contribution < -0.4 is 10.0 Å². The Balaban J connectivity index is 1.95. The maximum Gasteiger partial charge on any atom is 0.272 e. The Morgan fingerprint density at radius 1 is 1.38 bits per heavy atom. The number of amides is 1. The Morgan fingerprint density at radius 3 is 2.62 bits per heavy atom. The van der Waals surface area contributed by atoms with Gasteiger partial charge in [-0.05, 0) is 32.8 Å². The first-order valence-electron chi connectivity index (χ1n) is 8.95. The van der Waals surface area contributed by atoms with Gasteiger partial charge in [0.2, 0.25) is 10.0 Å². The number of alkyl halides is 1. The third-order valence-electron chi connectivity index (χ3n) is 5.06. The molecule has 3 N–H and O–H groups in total. The molecule has 0 fully saturated rings. The van der Waals surface area contributed by atoms with E-state index in [0.717, 1.165) is 0 Å². The van der Waals surface area contributed by atoms with Gasteiger partial charge in [0.05, 0.1) is 11.6 Å². The molecule has 1 aromatic heterocycles. The third-order valence-corrected chi connectivity index (χ3v) is 6.59. The minimum Gasteiger partial charge on any atom is -0.389 e. The Bertz CT molecular complexity index is 1020. The SMILES string of the molecule is Cn1cc2c(c1C(=O)NC1=CC(F)=C(F)C(F)C1)CCC(C(C)(C)O)NS2(=O)=O. The molecule has 1 aromatic rings. The first-order chi connectivity index (χ1) is 13.3. The second-order valence-corrected chi connectivity index (χ2v) is 9.47. The Morgan fingerprint density at radius 2 is 2.03 bits per heavy atom. The highest BCUT2D eigenvalue weighted by Crippen LogP contribution is 2.31. The van der Waals surface area contributed by atoms with Gasteiger partial charge < -0.3 is 15.0 Å². The van der Waals surface area contributed by atoms with Crippen molar-refractivity contribution in [3.63, 3.8) is 0 Å². The van der Waals surface area contributed by atoms with E-state index >= 15 is 0 Å². The van der Waals surface area contributed by atoms with E-state index in [4.69, 9.17) is 0 Å². The first kappa shape index (κ1) is 21.6. The van der Waals surface area contributed by atoms with Crippen LogP contribution in [0.3, 0.4) is 0 Å². The molecule has 2 aliphatic rings. The quantitative estimate of drug-likeness (QED) is 0.678. The van der Waals surface area contributed by atoms with Crippen molar-refractivity contribution < 1.29 is 31.5 Å². The van der Waals surface area contributed by atoms with Crippen LogP contribution in [-0.4, -0.2) is 41.8 Å². The zero-order chi connectivity index (χ0) is 21.7. The van der Waals surface area contributed by atoms with Crippen molar-refractivity contribution >= 4 is 15.9 Å². The first-order valence-corrected chi connectivity index (χ1v) is 10.4. The lowest BCUT2D eigenvalue weighted by Gasteiger charge is -2.28. The van der Waals surface area contributed by atoms with E-state index in [9.17, 15) is 31.5 Å². The number of nitrogens with zero attached hydrogens (tertiary/aromatic N) is 1. The summed E-state index contributed by atoms with van der Waals surface area (Å²) in [7, 11) is -2.53. The van der Waals surface area contributed by atoms with Crippen LogP contribution in [0.4, 0.5) is 13.2 Å². The van der Waals surface area contributed by atoms with Gasteiger partial charge in [-0.25, -0.2) is 26.3 Å². The van der Waals surface area contributed by atoms with E-state index in [0.29, 0.717) is 6.08 Å². The van der Waals surface area contributed by atoms with Crippen LogP contribution in [-0.2, 0) is 23.5 Å². The minimum absolute atomic E-state index is 0.00788. The summed E-state index contributed by atoms with van der Waals surface area (Å²) < 4.78 is 69.4. The molecule has 160 valence electrons. The molecule has 0 saturated carbocycles. The van der Waals surface area contributed by atoms with Gasteiger partial charge in [0.25, 0.3) is 5.91 Å². The van der Waals surface area contributed by atoms with Crippen molar-refractivity contribution in [2.45, 2.75) is 55.8 Å². The molecule has 7 nitrogen and oxygen atoms in total. The number of sulfonamides is 1. The molecule has 0 bridgehead atoms. The molecule has 0 radical (unpaired) electrons. The summed E-state index contributed by atoms with van der Waals surface area (Å²) in [6, 6.07) is -0.767. The van der Waals surface area contributed by atoms with Gasteiger partial charge in [-0.3, -0.25) is 4.79 Å². The highest BCUT2D eigenvalue weighted by molar-refractivity contribution is 7.89. The van der Waals surface area contributed by atoms with Gasteiger partial charge in [-0.2, -0.15) is 0 Å². The van der Waals surface area contributed by atoms with Gasteiger partial charge in [0.15, 0.2) is 17.8 Å². The summed E-state index contributed by atoms with van der Waals surface area (Å²) in [5.41, 5.74) is -1.23. The molecule has 2 unspecified atom stereocenters. The number of carbonyl (C=O) groups is 1. The fourth-order valence-corrected chi connectivity index (χ4v) is 5.25. The number of carbonyl (C=O) groups excluding carboxylic acids is 1. The number of nitrogens with one attached hydrogen (secondary N) is 2. The van der Waals surface area contributed by atoms with Crippen LogP contribution in [0, 0.1) is 0 Å². The number of fused-ring (bicyclic) bond motifs is 1. The molecule has 0 saturated heterocycles. The number of hydrogen-bond donors (Lipinski definition) is 3. The molecule has 0 spiro atoms. The van der Waals surface area contributed by atoms with E-state index in [1.165, 1.54) is 31.7 Å². The second kappa shape index (κ2) is 7.29. The number of aliphatic hydroxyl groups is 1. The van der Waals surface area contributed by atoms with E-state index in [2.05, 4.69) is 10.0 Å². The van der Waals surface area contributed by atoms with Crippen molar-refractivity contribution in [1.29, 1.82) is 0 Å². The normalized spacial score (nSPS) is 24.6. The Hall–Kier alpha value is -2.11. The van der Waals surface area contributed by atoms with E-state index in [-0.39, 0.29) is 34.7 Å². The zero-order valence-electron chi connectivity index (χ0n) is 16.1. The van der Waals surface area contributed by atoms with Crippen molar-refractivity contribution in [1.82, 2.24) is 14.6 Å². The van der Waals surface area contributed by atoms with Crippen LogP contribution in [0.2, 0.25) is 0 Å². The van der Waals surface area contributed by atoms with Crippen LogP contribution in [0.1, 0.15) is 42.7 Å². The maximum absolute atomic E-state index is 13.6. The fraction of sp³-hybridized carbons (Fsp3) is 0.500. The number of aryl methyl sites for hydroxylation is 1. The molecule has 3 rings (SSSR count). The number of rotatable bonds is 3. The summed E-state index contributed by atoms with van der Waals surface area (Å²) in [5, 5.41) is 12.6. The summed E-state index contributed by atoms with van der Waals surface area (Å²) in [6.07, 6.45) is -0.359. The number of aromatic nitrogens is 1. The second-order valence-electron chi connectivity index (χ2n) is 7.79. The molecule has 0 aromatic carbocycles. The third kappa shape index (κ3) is 4.12. The molecule has 1 aliphatic carbocycles. The molecule has 11 heteroatoms. The van der Waals surface area contributed by atoms with E-state index < -0.39 is 51.8 Å². The van der Waals surface area contributed by atoms with Crippen molar-refractivity contribution in [3.8, 4) is 0 Å². The highest BCUT2D eigenvalue weighted by atomic mass is 32.2. The van der Waals surface area contributed by atoms with Gasteiger partial charge in [-0.15, -0.1) is 0 Å². The Labute approximate surface area is 166 Å². The monoisotopic (exact) mass is 433 g/mol. The van der Waals surface area contributed by atoms with Crippen LogP contribution >= 0.6 is 0 Å². The largest absolute Gasteiger partial charge is 0.389 e. The van der Waals surface area contributed by atoms with E-state index in [1.807, 2.05) is 0 Å². The predicted molar refractivity (Wildman–Crippen MR) is 98.4 cm³/mol. The van der Waals surface area contributed by atoms with Gasteiger partial charge in [0, 0.05) is 30.9 Å². The van der Waals surface area contributed by atoms with Gasteiger partial charge in [0.1, 0.15) is 10.6 Å². The van der Waals surface area contributed by atoms with Crippen LogP contribution in [0.25, 0.3) is 0 Å². The lowest BCUT2D eigenvalue weighted by atomic mass is 9.93. The van der Waals surface area contributed by atoms with Crippen molar-refractivity contribution in [2.24, 2.45) is 7.05 Å². The lowest BCUT2D eigenvalue weighted by molar-refractivity contribution is 0.0434. The van der Waals surface area contributed by atoms with Gasteiger partial charge in [-0.1, -0.05) is 0 Å². The highest BCUT2D eigenvalue weighted by Gasteiger charge is 2.38. The zero-order valence-corrected chi connectivity index (χ0v) is 16.9. The maximum atomic E-state index is 13.6. The summed E-state index contributed by atoms with van der Waals surface area (Å²) >= 11 is 0. The minimum atomic E-state index is -4.01. The molecular weight excluding hydrogens is 411 g/mol. The average Bonchev–Trinajstić information content (AvgIpc) is 2.86. The number of allylic oxidation sites excluding steroid dienone is 4. The average molecular weight is 433 g/mol. The van der Waals surface area contributed by atoms with E-state index in [1.54, 1.807) is 0 Å². The van der Waals surface area contributed by atoms with Crippen molar-refractivity contribution in [3.05, 3.63) is 40.9 Å². The fourth-order valence-electron chi connectivity index (χ4n) is 3.52. The number of halogens is 3. The number of hydrogen-bond acceptors (Lipinski definition) is 4. The molecular formula is C18H22F3N3O4S.